The van der Waals surface area contributed by atoms with Crippen molar-refractivity contribution in [1.82, 2.24) is 14.8 Å². The molecular weight excluding hydrogens is 538 g/mol. The number of rotatable bonds is 4. The van der Waals surface area contributed by atoms with Crippen LogP contribution in [0.5, 0.6) is 0 Å². The van der Waals surface area contributed by atoms with Crippen molar-refractivity contribution in [3.05, 3.63) is 95.3 Å². The fourth-order valence-electron chi connectivity index (χ4n) is 5.37. The van der Waals surface area contributed by atoms with Crippen LogP contribution in [0.1, 0.15) is 39.9 Å². The first-order valence-corrected chi connectivity index (χ1v) is 12.5. The molecule has 2 aromatic carbocycles. The quantitative estimate of drug-likeness (QED) is 0.389. The minimum atomic E-state index is -5.06. The molecule has 2 saturated heterocycles. The van der Waals surface area contributed by atoms with Gasteiger partial charge in [-0.3, -0.25) is 14.6 Å². The largest absolute Gasteiger partial charge is 0.416 e. The Morgan fingerprint density at radius 2 is 1.43 bits per heavy atom. The summed E-state index contributed by atoms with van der Waals surface area (Å²) in [5.74, 6) is -1.10. The number of likely N-dealkylation sites (tertiary alicyclic amines) is 1. The molecule has 40 heavy (non-hydrogen) atoms. The molecule has 3 aromatic rings. The van der Waals surface area contributed by atoms with E-state index >= 15 is 0 Å². The number of hydrogen-bond acceptors (Lipinski definition) is 4. The molecule has 0 bridgehead atoms. The van der Waals surface area contributed by atoms with E-state index in [0.29, 0.717) is 18.7 Å². The predicted octanol–water partition coefficient (Wildman–Crippen LogP) is 5.60. The van der Waals surface area contributed by atoms with E-state index in [1.54, 1.807) is 29.4 Å². The highest BCUT2D eigenvalue weighted by Gasteiger charge is 2.54. The standard InChI is InChI=1S/C28H24F6N4O2/c29-27(30,31)21-14-20(15-22(16-21)28(32,33)34)24(39)36-12-8-26(9-13-36)25(40)37(17-19-6-10-35-11-7-19)18-38(26)23-4-2-1-3-5-23/h1-7,10-11,14-16H,8-9,12-13,17-18H2. The van der Waals surface area contributed by atoms with E-state index in [1.807, 2.05) is 35.2 Å². The first-order valence-electron chi connectivity index (χ1n) is 12.5. The first kappa shape index (κ1) is 27.5. The van der Waals surface area contributed by atoms with Gasteiger partial charge in [0.05, 0.1) is 17.8 Å². The van der Waals surface area contributed by atoms with Crippen molar-refractivity contribution in [2.75, 3.05) is 24.7 Å². The lowest BCUT2D eigenvalue weighted by Gasteiger charge is -2.43. The van der Waals surface area contributed by atoms with Crippen LogP contribution in [0, 0.1) is 0 Å². The Bertz CT molecular complexity index is 1360. The predicted molar refractivity (Wildman–Crippen MR) is 133 cm³/mol. The Hall–Kier alpha value is -4.09. The highest BCUT2D eigenvalue weighted by molar-refractivity contribution is 5.96. The number of piperidine rings is 1. The molecule has 2 amide bonds. The van der Waals surface area contributed by atoms with Crippen molar-refractivity contribution in [1.29, 1.82) is 0 Å². The molecule has 5 rings (SSSR count). The van der Waals surface area contributed by atoms with E-state index in [0.717, 1.165) is 11.3 Å². The molecular formula is C28H24F6N4O2. The van der Waals surface area contributed by atoms with Crippen LogP contribution in [-0.2, 0) is 23.7 Å². The van der Waals surface area contributed by atoms with Gasteiger partial charge in [-0.25, -0.2) is 0 Å². The molecule has 2 aliphatic rings. The number of carbonyl (C=O) groups excluding carboxylic acids is 2. The Kier molecular flexibility index (Phi) is 6.97. The lowest BCUT2D eigenvalue weighted by Crippen LogP contribution is -2.57. The third-order valence-corrected chi connectivity index (χ3v) is 7.42. The number of nitrogens with zero attached hydrogens (tertiary/aromatic N) is 4. The summed E-state index contributed by atoms with van der Waals surface area (Å²) in [7, 11) is 0. The van der Waals surface area contributed by atoms with Crippen LogP contribution in [0.3, 0.4) is 0 Å². The minimum Gasteiger partial charge on any atom is -0.339 e. The first-order chi connectivity index (χ1) is 18.9. The van der Waals surface area contributed by atoms with E-state index in [9.17, 15) is 35.9 Å². The lowest BCUT2D eigenvalue weighted by atomic mass is 9.85. The summed E-state index contributed by atoms with van der Waals surface area (Å²) in [5, 5.41) is 0. The number of halogens is 6. The van der Waals surface area contributed by atoms with Crippen molar-refractivity contribution in [3.8, 4) is 0 Å². The molecule has 2 fully saturated rings. The van der Waals surface area contributed by atoms with E-state index in [-0.39, 0.29) is 44.6 Å². The number of aromatic nitrogens is 1. The lowest BCUT2D eigenvalue weighted by molar-refractivity contribution is -0.143. The van der Waals surface area contributed by atoms with Gasteiger partial charge < -0.3 is 14.7 Å². The van der Waals surface area contributed by atoms with Crippen molar-refractivity contribution in [2.24, 2.45) is 0 Å². The summed E-state index contributed by atoms with van der Waals surface area (Å²) in [6, 6.07) is 13.7. The number of benzene rings is 2. The summed E-state index contributed by atoms with van der Waals surface area (Å²) in [4.78, 5) is 35.9. The van der Waals surface area contributed by atoms with Crippen LogP contribution in [-0.4, -0.2) is 51.9 Å². The summed E-state index contributed by atoms with van der Waals surface area (Å²) < 4.78 is 80.0. The van der Waals surface area contributed by atoms with Gasteiger partial charge in [0.15, 0.2) is 0 Å². The maximum Gasteiger partial charge on any atom is 0.416 e. The summed E-state index contributed by atoms with van der Waals surface area (Å²) in [5.41, 5.74) is -3.14. The van der Waals surface area contributed by atoms with Crippen molar-refractivity contribution < 1.29 is 35.9 Å². The van der Waals surface area contributed by atoms with E-state index < -0.39 is 40.5 Å². The number of amides is 2. The third kappa shape index (κ3) is 5.22. The fourth-order valence-corrected chi connectivity index (χ4v) is 5.37. The molecule has 6 nitrogen and oxygen atoms in total. The van der Waals surface area contributed by atoms with Crippen molar-refractivity contribution >= 4 is 17.5 Å². The monoisotopic (exact) mass is 562 g/mol. The normalized spacial score (nSPS) is 17.6. The van der Waals surface area contributed by atoms with Gasteiger partial charge >= 0.3 is 12.4 Å². The minimum absolute atomic E-state index is 0.00566. The molecule has 1 aromatic heterocycles. The van der Waals surface area contributed by atoms with Gasteiger partial charge in [0, 0.05) is 43.3 Å². The van der Waals surface area contributed by atoms with Crippen LogP contribution in [0.25, 0.3) is 0 Å². The molecule has 0 atom stereocenters. The van der Waals surface area contributed by atoms with Crippen LogP contribution < -0.4 is 4.90 Å². The Balaban J connectivity index is 1.41. The maximum absolute atomic E-state index is 13.8. The van der Waals surface area contributed by atoms with Crippen molar-refractivity contribution in [2.45, 2.75) is 37.3 Å². The van der Waals surface area contributed by atoms with E-state index in [2.05, 4.69) is 4.98 Å². The van der Waals surface area contributed by atoms with Crippen molar-refractivity contribution in [3.63, 3.8) is 0 Å². The highest BCUT2D eigenvalue weighted by Crippen LogP contribution is 2.41. The SMILES string of the molecule is O=C(c1cc(C(F)(F)F)cc(C(F)(F)F)c1)N1CCC2(CC1)C(=O)N(Cc1ccncc1)CN2c1ccccc1. The molecule has 3 heterocycles. The number of para-hydroxylation sites is 1. The summed E-state index contributed by atoms with van der Waals surface area (Å²) in [6.07, 6.45) is -6.56. The van der Waals surface area contributed by atoms with Crippen LogP contribution in [0.15, 0.2) is 73.1 Å². The second kappa shape index (κ2) is 10.1. The van der Waals surface area contributed by atoms with Crippen LogP contribution >= 0.6 is 0 Å². The number of alkyl halides is 6. The Morgan fingerprint density at radius 3 is 1.98 bits per heavy atom. The van der Waals surface area contributed by atoms with Gasteiger partial charge in [-0.2, -0.15) is 26.3 Å². The highest BCUT2D eigenvalue weighted by atomic mass is 19.4. The van der Waals surface area contributed by atoms with E-state index in [4.69, 9.17) is 0 Å². The molecule has 1 spiro atoms. The molecule has 0 saturated carbocycles. The zero-order chi connectivity index (χ0) is 28.7. The number of hydrogen-bond donors (Lipinski definition) is 0. The number of carbonyl (C=O) groups is 2. The summed E-state index contributed by atoms with van der Waals surface area (Å²) >= 11 is 0. The topological polar surface area (TPSA) is 56.8 Å². The fraction of sp³-hybridized carbons (Fsp3) is 0.321. The molecule has 2 aliphatic heterocycles. The average molecular weight is 563 g/mol. The summed E-state index contributed by atoms with van der Waals surface area (Å²) in [6.45, 7) is 0.574. The molecule has 12 heteroatoms. The second-order valence-electron chi connectivity index (χ2n) is 9.88. The van der Waals surface area contributed by atoms with Gasteiger partial charge in [0.2, 0.25) is 5.91 Å². The van der Waals surface area contributed by atoms with Crippen LogP contribution in [0.4, 0.5) is 32.0 Å². The van der Waals surface area contributed by atoms with Crippen LogP contribution in [0.2, 0.25) is 0 Å². The third-order valence-electron chi connectivity index (χ3n) is 7.42. The zero-order valence-electron chi connectivity index (χ0n) is 21.0. The number of anilines is 1. The smallest absolute Gasteiger partial charge is 0.339 e. The maximum atomic E-state index is 13.8. The van der Waals surface area contributed by atoms with Gasteiger partial charge in [-0.1, -0.05) is 18.2 Å². The molecule has 0 unspecified atom stereocenters. The van der Waals surface area contributed by atoms with E-state index in [1.165, 1.54) is 4.90 Å². The van der Waals surface area contributed by atoms with Gasteiger partial charge in [-0.05, 0) is 60.9 Å². The van der Waals surface area contributed by atoms with Gasteiger partial charge in [0.25, 0.3) is 5.91 Å². The molecule has 210 valence electrons. The van der Waals surface area contributed by atoms with Gasteiger partial charge in [0.1, 0.15) is 5.54 Å². The van der Waals surface area contributed by atoms with Gasteiger partial charge in [-0.15, -0.1) is 0 Å². The molecule has 0 radical (unpaired) electrons. The Labute approximate surface area is 225 Å². The Morgan fingerprint density at radius 1 is 0.850 bits per heavy atom. The second-order valence-corrected chi connectivity index (χ2v) is 9.88. The zero-order valence-corrected chi connectivity index (χ0v) is 21.0. The molecule has 0 aliphatic carbocycles. The average Bonchev–Trinajstić information content (AvgIpc) is 3.19. The molecule has 0 N–H and O–H groups in total. The number of pyridine rings is 1.